The molecule has 1 saturated heterocycles. The highest BCUT2D eigenvalue weighted by atomic mass is 16.5. The fourth-order valence-electron chi connectivity index (χ4n) is 0.747. The molecule has 5 heteroatoms. The van der Waals surface area contributed by atoms with Crippen LogP contribution in [-0.4, -0.2) is 19.1 Å². The van der Waals surface area contributed by atoms with Gasteiger partial charge in [-0.25, -0.2) is 0 Å². The smallest absolute Gasteiger partial charge is 0.264 e. The standard InChI is InChI=1S/C6H7N3O2/c7-3-4(5(8)10)6-9-1-2-11-6/h9H,1-2H2,(H2,8,10)/b6-4-. The molecule has 1 heterocycles. The highest BCUT2D eigenvalue weighted by molar-refractivity contribution is 5.96. The molecule has 0 spiro atoms. The zero-order chi connectivity index (χ0) is 8.27. The molecule has 0 unspecified atom stereocenters. The van der Waals surface area contributed by atoms with Crippen molar-refractivity contribution < 1.29 is 9.53 Å². The molecule has 0 aromatic carbocycles. The molecule has 1 aliphatic heterocycles. The van der Waals surface area contributed by atoms with Gasteiger partial charge in [-0.15, -0.1) is 0 Å². The highest BCUT2D eigenvalue weighted by Gasteiger charge is 2.16. The van der Waals surface area contributed by atoms with E-state index in [0.717, 1.165) is 0 Å². The van der Waals surface area contributed by atoms with Gasteiger partial charge in [0.05, 0.1) is 6.54 Å². The van der Waals surface area contributed by atoms with E-state index in [1.807, 2.05) is 0 Å². The number of hydrogen-bond acceptors (Lipinski definition) is 4. The number of amides is 1. The lowest BCUT2D eigenvalue weighted by atomic mass is 10.3. The van der Waals surface area contributed by atoms with Gasteiger partial charge in [0.15, 0.2) is 5.57 Å². The van der Waals surface area contributed by atoms with Gasteiger partial charge in [-0.3, -0.25) is 4.79 Å². The van der Waals surface area contributed by atoms with Crippen molar-refractivity contribution in [1.82, 2.24) is 5.32 Å². The Kier molecular flexibility index (Phi) is 1.97. The minimum Gasteiger partial charge on any atom is -0.476 e. The summed E-state index contributed by atoms with van der Waals surface area (Å²) >= 11 is 0. The number of ether oxygens (including phenoxy) is 1. The fourth-order valence-corrected chi connectivity index (χ4v) is 0.747. The Labute approximate surface area is 63.4 Å². The van der Waals surface area contributed by atoms with Gasteiger partial charge >= 0.3 is 0 Å². The van der Waals surface area contributed by atoms with Crippen molar-refractivity contribution in [3.05, 3.63) is 11.5 Å². The van der Waals surface area contributed by atoms with E-state index in [1.54, 1.807) is 6.07 Å². The van der Waals surface area contributed by atoms with Crippen LogP contribution < -0.4 is 11.1 Å². The number of nitrogens with one attached hydrogen (secondary N) is 1. The Hall–Kier alpha value is -1.70. The summed E-state index contributed by atoms with van der Waals surface area (Å²) in [4.78, 5) is 10.5. The normalized spacial score (nSPS) is 19.5. The van der Waals surface area contributed by atoms with E-state index in [4.69, 9.17) is 15.7 Å². The van der Waals surface area contributed by atoms with E-state index in [1.165, 1.54) is 0 Å². The quantitative estimate of drug-likeness (QED) is 0.367. The number of nitriles is 1. The Bertz CT molecular complexity index is 243. The van der Waals surface area contributed by atoms with Gasteiger partial charge in [-0.2, -0.15) is 5.26 Å². The van der Waals surface area contributed by atoms with Gasteiger partial charge < -0.3 is 15.8 Å². The lowest BCUT2D eigenvalue weighted by Gasteiger charge is -1.98. The number of carbonyl (C=O) groups excluding carboxylic acids is 1. The van der Waals surface area contributed by atoms with Crippen molar-refractivity contribution in [1.29, 1.82) is 5.26 Å². The number of nitrogens with two attached hydrogens (primary N) is 1. The maximum Gasteiger partial charge on any atom is 0.264 e. The van der Waals surface area contributed by atoms with Crippen LogP contribution in [0.15, 0.2) is 11.5 Å². The predicted octanol–water partition coefficient (Wildman–Crippen LogP) is -1.17. The summed E-state index contributed by atoms with van der Waals surface area (Å²) in [6.07, 6.45) is 0. The van der Waals surface area contributed by atoms with Crippen molar-refractivity contribution in [2.24, 2.45) is 5.73 Å². The maximum atomic E-state index is 10.5. The van der Waals surface area contributed by atoms with Crippen LogP contribution in [0.4, 0.5) is 0 Å². The second kappa shape index (κ2) is 2.92. The summed E-state index contributed by atoms with van der Waals surface area (Å²) in [5.41, 5.74) is 4.74. The van der Waals surface area contributed by atoms with Crippen LogP contribution in [0.3, 0.4) is 0 Å². The summed E-state index contributed by atoms with van der Waals surface area (Å²) in [6, 6.07) is 1.66. The molecule has 1 rings (SSSR count). The van der Waals surface area contributed by atoms with Crippen LogP contribution in [0.25, 0.3) is 0 Å². The zero-order valence-electron chi connectivity index (χ0n) is 5.76. The molecule has 0 aromatic rings. The molecule has 1 fully saturated rings. The van der Waals surface area contributed by atoms with Crippen LogP contribution in [0.2, 0.25) is 0 Å². The maximum absolute atomic E-state index is 10.5. The molecule has 1 aliphatic rings. The first-order chi connectivity index (χ1) is 5.25. The molecule has 11 heavy (non-hydrogen) atoms. The van der Waals surface area contributed by atoms with E-state index in [0.29, 0.717) is 13.2 Å². The summed E-state index contributed by atoms with van der Waals surface area (Å²) < 4.78 is 4.91. The van der Waals surface area contributed by atoms with Crippen molar-refractivity contribution in [2.75, 3.05) is 13.2 Å². The molecule has 1 amide bonds. The second-order valence-electron chi connectivity index (χ2n) is 1.96. The van der Waals surface area contributed by atoms with E-state index in [9.17, 15) is 4.79 Å². The third kappa shape index (κ3) is 1.41. The van der Waals surface area contributed by atoms with Gasteiger partial charge in [-0.1, -0.05) is 0 Å². The van der Waals surface area contributed by atoms with E-state index in [2.05, 4.69) is 5.32 Å². The van der Waals surface area contributed by atoms with Gasteiger partial charge in [0.1, 0.15) is 12.7 Å². The first-order valence-electron chi connectivity index (χ1n) is 3.06. The average Bonchev–Trinajstić information content (AvgIpc) is 2.40. The minimum absolute atomic E-state index is 0.150. The molecule has 3 N–H and O–H groups in total. The molecule has 5 nitrogen and oxygen atoms in total. The van der Waals surface area contributed by atoms with Crippen molar-refractivity contribution in [3.8, 4) is 6.07 Å². The molecule has 0 saturated carbocycles. The fraction of sp³-hybridized carbons (Fsp3) is 0.333. The van der Waals surface area contributed by atoms with Crippen molar-refractivity contribution in [3.63, 3.8) is 0 Å². The number of rotatable bonds is 1. The van der Waals surface area contributed by atoms with Crippen LogP contribution >= 0.6 is 0 Å². The number of carbonyl (C=O) groups is 1. The summed E-state index contributed by atoms with van der Waals surface area (Å²) in [5.74, 6) is -0.572. The molecular weight excluding hydrogens is 146 g/mol. The second-order valence-corrected chi connectivity index (χ2v) is 1.96. The molecular formula is C6H7N3O2. The third-order valence-corrected chi connectivity index (χ3v) is 1.22. The van der Waals surface area contributed by atoms with Crippen LogP contribution in [0.5, 0.6) is 0 Å². The van der Waals surface area contributed by atoms with Gasteiger partial charge in [0, 0.05) is 0 Å². The molecule has 0 aliphatic carbocycles. The summed E-state index contributed by atoms with van der Waals surface area (Å²) in [6.45, 7) is 1.07. The number of primary amides is 1. The minimum atomic E-state index is -0.767. The predicted molar refractivity (Wildman–Crippen MR) is 35.8 cm³/mol. The average molecular weight is 153 g/mol. The Balaban J connectivity index is 2.90. The lowest BCUT2D eigenvalue weighted by molar-refractivity contribution is -0.114. The molecule has 0 radical (unpaired) electrons. The molecule has 0 bridgehead atoms. The van der Waals surface area contributed by atoms with Gasteiger partial charge in [-0.05, 0) is 0 Å². The molecule has 58 valence electrons. The Morgan fingerprint density at radius 1 is 1.82 bits per heavy atom. The van der Waals surface area contributed by atoms with Crippen LogP contribution in [0, 0.1) is 11.3 Å². The van der Waals surface area contributed by atoms with E-state index >= 15 is 0 Å². The summed E-state index contributed by atoms with van der Waals surface area (Å²) in [7, 11) is 0. The van der Waals surface area contributed by atoms with Gasteiger partial charge in [0.25, 0.3) is 5.91 Å². The Morgan fingerprint density at radius 2 is 2.55 bits per heavy atom. The van der Waals surface area contributed by atoms with E-state index in [-0.39, 0.29) is 11.5 Å². The highest BCUT2D eigenvalue weighted by Crippen LogP contribution is 2.05. The van der Waals surface area contributed by atoms with Crippen LogP contribution in [0.1, 0.15) is 0 Å². The van der Waals surface area contributed by atoms with Crippen molar-refractivity contribution >= 4 is 5.91 Å². The first kappa shape index (κ1) is 7.41. The largest absolute Gasteiger partial charge is 0.476 e. The van der Waals surface area contributed by atoms with Crippen LogP contribution in [-0.2, 0) is 9.53 Å². The lowest BCUT2D eigenvalue weighted by Crippen LogP contribution is -2.18. The number of nitrogens with zero attached hydrogens (tertiary/aromatic N) is 1. The summed E-state index contributed by atoms with van der Waals surface area (Å²) in [5, 5.41) is 11.2. The van der Waals surface area contributed by atoms with Crippen molar-refractivity contribution in [2.45, 2.75) is 0 Å². The number of hydrogen-bond donors (Lipinski definition) is 2. The Morgan fingerprint density at radius 3 is 2.91 bits per heavy atom. The SMILES string of the molecule is N#C/C(C(N)=O)=C1\NCCO1. The van der Waals surface area contributed by atoms with Gasteiger partial charge in [0.2, 0.25) is 5.88 Å². The third-order valence-electron chi connectivity index (χ3n) is 1.22. The molecule has 0 atom stereocenters. The molecule has 0 aromatic heterocycles. The zero-order valence-corrected chi connectivity index (χ0v) is 5.76. The topological polar surface area (TPSA) is 88.1 Å². The first-order valence-corrected chi connectivity index (χ1v) is 3.06. The van der Waals surface area contributed by atoms with E-state index < -0.39 is 5.91 Å². The monoisotopic (exact) mass is 153 g/mol.